The lowest BCUT2D eigenvalue weighted by Crippen LogP contribution is -2.54. The highest BCUT2D eigenvalue weighted by Crippen LogP contribution is 2.21. The fraction of sp³-hybridized carbons (Fsp3) is 0.211. The Kier molecular flexibility index (Phi) is 5.59. The molecule has 0 bridgehead atoms. The molecule has 26 heavy (non-hydrogen) atoms. The van der Waals surface area contributed by atoms with Crippen LogP contribution in [-0.4, -0.2) is 27.7 Å². The first-order valence-electron chi connectivity index (χ1n) is 8.13. The van der Waals surface area contributed by atoms with E-state index in [4.69, 9.17) is 23.2 Å². The van der Waals surface area contributed by atoms with Crippen LogP contribution in [0.3, 0.4) is 0 Å². The van der Waals surface area contributed by atoms with Crippen molar-refractivity contribution < 1.29 is 14.4 Å². The molecular formula is C19H16Cl2N2O3. The Hall–Kier alpha value is -2.37. The molecule has 5 nitrogen and oxygen atoms in total. The number of carbonyl (C=O) groups excluding carboxylic acids is 3. The average Bonchev–Trinajstić information content (AvgIpc) is 2.62. The van der Waals surface area contributed by atoms with Crippen LogP contribution < -0.4 is 0 Å². The van der Waals surface area contributed by atoms with Crippen LogP contribution in [0.2, 0.25) is 10.0 Å². The van der Waals surface area contributed by atoms with Gasteiger partial charge in [0.15, 0.2) is 0 Å². The largest absolute Gasteiger partial charge is 0.273 e. The minimum atomic E-state index is -0.444. The minimum Gasteiger partial charge on any atom is -0.273 e. The zero-order valence-corrected chi connectivity index (χ0v) is 15.3. The van der Waals surface area contributed by atoms with Gasteiger partial charge in [0.1, 0.15) is 0 Å². The van der Waals surface area contributed by atoms with Crippen LogP contribution in [-0.2, 0) is 16.1 Å². The SMILES string of the molecule is O=C(c1ccc(Cl)cc1)N(Cc1ccc(Cl)cc1)N1C(=O)CCCC1=O. The monoisotopic (exact) mass is 390 g/mol. The highest BCUT2D eigenvalue weighted by molar-refractivity contribution is 6.30. The van der Waals surface area contributed by atoms with Crippen molar-refractivity contribution in [3.8, 4) is 0 Å². The van der Waals surface area contributed by atoms with Gasteiger partial charge in [-0.1, -0.05) is 35.3 Å². The van der Waals surface area contributed by atoms with Crippen molar-refractivity contribution >= 4 is 40.9 Å². The summed E-state index contributed by atoms with van der Waals surface area (Å²) in [5, 5.41) is 3.22. The fourth-order valence-corrected chi connectivity index (χ4v) is 3.00. The predicted molar refractivity (Wildman–Crippen MR) is 98.5 cm³/mol. The van der Waals surface area contributed by atoms with E-state index in [1.54, 1.807) is 48.5 Å². The Morgan fingerprint density at radius 2 is 1.38 bits per heavy atom. The van der Waals surface area contributed by atoms with E-state index in [-0.39, 0.29) is 31.2 Å². The lowest BCUT2D eigenvalue weighted by atomic mass is 10.1. The number of hydrogen-bond donors (Lipinski definition) is 0. The van der Waals surface area contributed by atoms with Crippen molar-refractivity contribution in [3.05, 3.63) is 69.7 Å². The van der Waals surface area contributed by atoms with Crippen LogP contribution in [0.1, 0.15) is 35.2 Å². The van der Waals surface area contributed by atoms with Crippen molar-refractivity contribution in [2.75, 3.05) is 0 Å². The smallest absolute Gasteiger partial charge is 0.273 e. The van der Waals surface area contributed by atoms with Gasteiger partial charge in [-0.05, 0) is 48.4 Å². The number of halogens is 2. The summed E-state index contributed by atoms with van der Waals surface area (Å²) < 4.78 is 0. The van der Waals surface area contributed by atoms with E-state index >= 15 is 0 Å². The van der Waals surface area contributed by atoms with Crippen molar-refractivity contribution in [2.45, 2.75) is 25.8 Å². The number of rotatable bonds is 4. The molecule has 2 aromatic carbocycles. The summed E-state index contributed by atoms with van der Waals surface area (Å²) in [6, 6.07) is 13.2. The molecular weight excluding hydrogens is 375 g/mol. The molecule has 3 rings (SSSR count). The van der Waals surface area contributed by atoms with Gasteiger partial charge in [0.2, 0.25) is 11.8 Å². The Bertz CT molecular complexity index is 819. The van der Waals surface area contributed by atoms with Gasteiger partial charge in [0.05, 0.1) is 6.54 Å². The van der Waals surface area contributed by atoms with Gasteiger partial charge in [0, 0.05) is 28.5 Å². The zero-order valence-electron chi connectivity index (χ0n) is 13.8. The van der Waals surface area contributed by atoms with E-state index in [1.165, 1.54) is 5.01 Å². The number of benzene rings is 2. The molecule has 2 aromatic rings. The zero-order chi connectivity index (χ0) is 18.7. The number of nitrogens with zero attached hydrogens (tertiary/aromatic N) is 2. The lowest BCUT2D eigenvalue weighted by Gasteiger charge is -2.35. The summed E-state index contributed by atoms with van der Waals surface area (Å²) in [6.45, 7) is 0.0795. The average molecular weight is 391 g/mol. The summed E-state index contributed by atoms with van der Waals surface area (Å²) in [6.07, 6.45) is 0.964. The molecule has 1 heterocycles. The summed E-state index contributed by atoms with van der Waals surface area (Å²) in [4.78, 5) is 37.7. The summed E-state index contributed by atoms with van der Waals surface area (Å²) in [5.74, 6) is -1.20. The van der Waals surface area contributed by atoms with Crippen molar-refractivity contribution in [1.29, 1.82) is 0 Å². The number of carbonyl (C=O) groups is 3. The van der Waals surface area contributed by atoms with Crippen LogP contribution >= 0.6 is 23.2 Å². The Labute approximate surface area is 161 Å². The first kappa shape index (κ1) is 18.4. The molecule has 0 aromatic heterocycles. The standard InChI is InChI=1S/C19H16Cl2N2O3/c20-15-8-4-13(5-9-15)12-22(23-17(24)2-1-3-18(23)25)19(26)14-6-10-16(21)11-7-14/h4-11H,1-3,12H2. The van der Waals surface area contributed by atoms with E-state index < -0.39 is 5.91 Å². The van der Waals surface area contributed by atoms with E-state index in [0.29, 0.717) is 22.0 Å². The highest BCUT2D eigenvalue weighted by atomic mass is 35.5. The van der Waals surface area contributed by atoms with Gasteiger partial charge in [0.25, 0.3) is 5.91 Å². The van der Waals surface area contributed by atoms with Crippen LogP contribution in [0.4, 0.5) is 0 Å². The van der Waals surface area contributed by atoms with Gasteiger partial charge < -0.3 is 0 Å². The molecule has 0 spiro atoms. The normalized spacial score (nSPS) is 14.5. The Morgan fingerprint density at radius 1 is 0.885 bits per heavy atom. The van der Waals surface area contributed by atoms with E-state index in [9.17, 15) is 14.4 Å². The third-order valence-electron chi connectivity index (χ3n) is 4.07. The van der Waals surface area contributed by atoms with Crippen LogP contribution in [0.15, 0.2) is 48.5 Å². The van der Waals surface area contributed by atoms with Gasteiger partial charge in [-0.25, -0.2) is 5.01 Å². The second-order valence-corrected chi connectivity index (χ2v) is 6.82. The fourth-order valence-electron chi connectivity index (χ4n) is 2.75. The maximum absolute atomic E-state index is 13.0. The summed E-state index contributed by atoms with van der Waals surface area (Å²) in [5.41, 5.74) is 1.09. The first-order valence-corrected chi connectivity index (χ1v) is 8.89. The van der Waals surface area contributed by atoms with Crippen LogP contribution in [0, 0.1) is 0 Å². The van der Waals surface area contributed by atoms with Crippen molar-refractivity contribution in [3.63, 3.8) is 0 Å². The maximum atomic E-state index is 13.0. The van der Waals surface area contributed by atoms with Crippen LogP contribution in [0.25, 0.3) is 0 Å². The molecule has 0 aliphatic carbocycles. The van der Waals surface area contributed by atoms with Crippen LogP contribution in [0.5, 0.6) is 0 Å². The third kappa shape index (κ3) is 4.06. The predicted octanol–water partition coefficient (Wildman–Crippen LogP) is 4.09. The third-order valence-corrected chi connectivity index (χ3v) is 4.57. The molecule has 1 fully saturated rings. The Morgan fingerprint density at radius 3 is 1.92 bits per heavy atom. The maximum Gasteiger partial charge on any atom is 0.273 e. The van der Waals surface area contributed by atoms with Gasteiger partial charge >= 0.3 is 0 Å². The molecule has 1 saturated heterocycles. The number of piperidine rings is 1. The number of imide groups is 1. The van der Waals surface area contributed by atoms with E-state index in [2.05, 4.69) is 0 Å². The highest BCUT2D eigenvalue weighted by Gasteiger charge is 2.34. The molecule has 7 heteroatoms. The van der Waals surface area contributed by atoms with E-state index in [0.717, 1.165) is 10.6 Å². The molecule has 0 saturated carbocycles. The molecule has 1 aliphatic rings. The molecule has 0 N–H and O–H groups in total. The number of hydrogen-bond acceptors (Lipinski definition) is 3. The van der Waals surface area contributed by atoms with Gasteiger partial charge in [-0.15, -0.1) is 0 Å². The molecule has 1 aliphatic heterocycles. The lowest BCUT2D eigenvalue weighted by molar-refractivity contribution is -0.164. The minimum absolute atomic E-state index is 0.0795. The second-order valence-electron chi connectivity index (χ2n) is 5.95. The molecule has 0 radical (unpaired) electrons. The quantitative estimate of drug-likeness (QED) is 0.738. The topological polar surface area (TPSA) is 57.7 Å². The van der Waals surface area contributed by atoms with Crippen molar-refractivity contribution in [1.82, 2.24) is 10.0 Å². The summed E-state index contributed by atoms with van der Waals surface area (Å²) in [7, 11) is 0. The molecule has 0 atom stereocenters. The van der Waals surface area contributed by atoms with Crippen molar-refractivity contribution in [2.24, 2.45) is 0 Å². The van der Waals surface area contributed by atoms with Gasteiger partial charge in [-0.3, -0.25) is 14.4 Å². The molecule has 0 unspecified atom stereocenters. The second kappa shape index (κ2) is 7.89. The Balaban J connectivity index is 1.95. The molecule has 134 valence electrons. The van der Waals surface area contributed by atoms with E-state index in [1.807, 2.05) is 0 Å². The number of hydrazine groups is 1. The number of amides is 3. The summed E-state index contributed by atoms with van der Waals surface area (Å²) >= 11 is 11.8. The first-order chi connectivity index (χ1) is 12.5. The van der Waals surface area contributed by atoms with Gasteiger partial charge in [-0.2, -0.15) is 5.01 Å². The molecule has 3 amide bonds.